The van der Waals surface area contributed by atoms with Crippen molar-refractivity contribution in [3.63, 3.8) is 0 Å². The molecule has 64 valence electrons. The van der Waals surface area contributed by atoms with Crippen LogP contribution in [0.15, 0.2) is 6.20 Å². The van der Waals surface area contributed by atoms with Gasteiger partial charge >= 0.3 is 7.68 Å². The molecule has 0 amide bonds. The molecule has 0 aliphatic carbocycles. The van der Waals surface area contributed by atoms with Crippen LogP contribution in [0.3, 0.4) is 0 Å². The molecule has 1 aromatic heterocycles. The summed E-state index contributed by atoms with van der Waals surface area (Å²) < 4.78 is 20.7. The molecule has 0 aromatic carbocycles. The highest BCUT2D eigenvalue weighted by Gasteiger charge is 2.03. The first-order valence-corrected chi connectivity index (χ1v) is 4.65. The minimum atomic E-state index is -2.46. The standard InChI is InChI=1S/C6H8N3O2P/c1-4-8-2-5(3-12(10)11)6(7)9-4/h2H,3H2,1H3,(H2,7,8,9). The molecule has 0 fully saturated rings. The number of anilines is 1. The lowest BCUT2D eigenvalue weighted by molar-refractivity contribution is 0.514. The first-order chi connectivity index (χ1) is 5.59. The van der Waals surface area contributed by atoms with Gasteiger partial charge in [-0.15, -0.1) is 0 Å². The molecule has 0 spiro atoms. The molecular formula is C6H8N3O2P. The quantitative estimate of drug-likeness (QED) is 0.695. The van der Waals surface area contributed by atoms with Crippen molar-refractivity contribution in [2.75, 3.05) is 5.73 Å². The van der Waals surface area contributed by atoms with E-state index >= 15 is 0 Å². The van der Waals surface area contributed by atoms with E-state index < -0.39 is 7.68 Å². The van der Waals surface area contributed by atoms with Gasteiger partial charge in [0, 0.05) is 11.8 Å². The molecule has 0 saturated carbocycles. The maximum Gasteiger partial charge on any atom is 0.320 e. The van der Waals surface area contributed by atoms with E-state index in [2.05, 4.69) is 9.97 Å². The van der Waals surface area contributed by atoms with Crippen LogP contribution < -0.4 is 5.73 Å². The van der Waals surface area contributed by atoms with Crippen LogP contribution in [-0.2, 0) is 15.3 Å². The summed E-state index contributed by atoms with van der Waals surface area (Å²) in [5, 5.41) is 0. The summed E-state index contributed by atoms with van der Waals surface area (Å²) in [6.45, 7) is 1.69. The van der Waals surface area contributed by atoms with Crippen molar-refractivity contribution < 1.29 is 9.13 Å². The number of rotatable bonds is 2. The van der Waals surface area contributed by atoms with Gasteiger partial charge in [0.2, 0.25) is 0 Å². The van der Waals surface area contributed by atoms with E-state index in [4.69, 9.17) is 5.73 Å². The third-order valence-corrected chi connectivity index (χ3v) is 1.92. The van der Waals surface area contributed by atoms with Crippen LogP contribution in [-0.4, -0.2) is 9.97 Å². The van der Waals surface area contributed by atoms with E-state index in [0.29, 0.717) is 11.4 Å². The van der Waals surface area contributed by atoms with Crippen LogP contribution in [0.4, 0.5) is 5.82 Å². The Morgan fingerprint density at radius 3 is 2.75 bits per heavy atom. The Bertz CT molecular complexity index is 354. The highest BCUT2D eigenvalue weighted by atomic mass is 31.1. The third-order valence-electron chi connectivity index (χ3n) is 1.32. The van der Waals surface area contributed by atoms with Gasteiger partial charge in [-0.05, 0) is 6.92 Å². The second-order valence-electron chi connectivity index (χ2n) is 2.32. The SMILES string of the molecule is Cc1ncc(CP(=O)=O)c(N)n1. The van der Waals surface area contributed by atoms with Crippen LogP contribution in [0.25, 0.3) is 0 Å². The Hall–Kier alpha value is -1.22. The van der Waals surface area contributed by atoms with Crippen molar-refractivity contribution >= 4 is 13.5 Å². The lowest BCUT2D eigenvalue weighted by Gasteiger charge is -1.98. The summed E-state index contributed by atoms with van der Waals surface area (Å²) in [4.78, 5) is 7.66. The fraction of sp³-hybridized carbons (Fsp3) is 0.333. The monoisotopic (exact) mass is 185 g/mol. The Balaban J connectivity index is 3.01. The largest absolute Gasteiger partial charge is 0.383 e. The van der Waals surface area contributed by atoms with Gasteiger partial charge in [0.15, 0.2) is 0 Å². The summed E-state index contributed by atoms with van der Waals surface area (Å²) in [6, 6.07) is 0. The zero-order chi connectivity index (χ0) is 9.14. The summed E-state index contributed by atoms with van der Waals surface area (Å²) >= 11 is 0. The molecule has 12 heavy (non-hydrogen) atoms. The molecule has 0 saturated heterocycles. The Morgan fingerprint density at radius 2 is 2.25 bits per heavy atom. The normalized spacial score (nSPS) is 9.75. The van der Waals surface area contributed by atoms with Gasteiger partial charge in [-0.1, -0.05) is 0 Å². The Labute approximate surface area is 69.9 Å². The highest BCUT2D eigenvalue weighted by Crippen LogP contribution is 2.17. The third kappa shape index (κ3) is 2.13. The number of nitrogens with zero attached hydrogens (tertiary/aromatic N) is 2. The molecular weight excluding hydrogens is 177 g/mol. The fourth-order valence-electron chi connectivity index (χ4n) is 0.773. The summed E-state index contributed by atoms with van der Waals surface area (Å²) in [6.07, 6.45) is 1.34. The highest BCUT2D eigenvalue weighted by molar-refractivity contribution is 7.29. The second-order valence-corrected chi connectivity index (χ2v) is 3.30. The van der Waals surface area contributed by atoms with E-state index in [0.717, 1.165) is 0 Å². The number of nitrogens with two attached hydrogens (primary N) is 1. The Morgan fingerprint density at radius 1 is 1.58 bits per heavy atom. The van der Waals surface area contributed by atoms with Gasteiger partial charge in [0.25, 0.3) is 0 Å². The van der Waals surface area contributed by atoms with E-state index in [1.54, 1.807) is 6.92 Å². The lowest BCUT2D eigenvalue weighted by atomic mass is 10.3. The topological polar surface area (TPSA) is 85.9 Å². The average Bonchev–Trinajstić information content (AvgIpc) is 1.94. The average molecular weight is 185 g/mol. The van der Waals surface area contributed by atoms with E-state index in [9.17, 15) is 9.13 Å². The van der Waals surface area contributed by atoms with Crippen molar-refractivity contribution in [3.05, 3.63) is 17.6 Å². The zero-order valence-electron chi connectivity index (χ0n) is 6.52. The number of aryl methyl sites for hydroxylation is 1. The molecule has 0 atom stereocenters. The molecule has 0 radical (unpaired) electrons. The number of aromatic nitrogens is 2. The van der Waals surface area contributed by atoms with Crippen molar-refractivity contribution in [2.24, 2.45) is 0 Å². The van der Waals surface area contributed by atoms with Crippen LogP contribution in [0.2, 0.25) is 0 Å². The van der Waals surface area contributed by atoms with Crippen LogP contribution >= 0.6 is 7.68 Å². The van der Waals surface area contributed by atoms with E-state index in [-0.39, 0.29) is 12.0 Å². The predicted octanol–water partition coefficient (Wildman–Crippen LogP) is 1.04. The van der Waals surface area contributed by atoms with Crippen LogP contribution in [0.1, 0.15) is 11.4 Å². The second kappa shape index (κ2) is 3.45. The number of hydrogen-bond acceptors (Lipinski definition) is 5. The number of hydrogen-bond donors (Lipinski definition) is 1. The predicted molar refractivity (Wildman–Crippen MR) is 43.2 cm³/mol. The molecule has 1 rings (SSSR count). The minimum Gasteiger partial charge on any atom is -0.383 e. The van der Waals surface area contributed by atoms with Gasteiger partial charge in [-0.2, -0.15) is 0 Å². The minimum absolute atomic E-state index is 0.0958. The first kappa shape index (κ1) is 8.87. The first-order valence-electron chi connectivity index (χ1n) is 3.29. The molecule has 0 aliphatic rings. The van der Waals surface area contributed by atoms with E-state index in [1.165, 1.54) is 6.20 Å². The summed E-state index contributed by atoms with van der Waals surface area (Å²) in [5.41, 5.74) is 5.91. The molecule has 0 aliphatic heterocycles. The summed E-state index contributed by atoms with van der Waals surface area (Å²) in [5.74, 6) is 0.777. The Kier molecular flexibility index (Phi) is 2.55. The number of nitrogen functional groups attached to an aromatic ring is 1. The smallest absolute Gasteiger partial charge is 0.320 e. The van der Waals surface area contributed by atoms with Gasteiger partial charge in [-0.25, -0.2) is 19.1 Å². The fourth-order valence-corrected chi connectivity index (χ4v) is 1.30. The van der Waals surface area contributed by atoms with Gasteiger partial charge in [0.05, 0.1) is 6.16 Å². The van der Waals surface area contributed by atoms with Crippen molar-refractivity contribution in [1.29, 1.82) is 0 Å². The lowest BCUT2D eigenvalue weighted by Crippen LogP contribution is -1.99. The molecule has 0 bridgehead atoms. The maximum atomic E-state index is 10.3. The van der Waals surface area contributed by atoms with Gasteiger partial charge in [-0.3, -0.25) is 0 Å². The van der Waals surface area contributed by atoms with Crippen molar-refractivity contribution in [1.82, 2.24) is 9.97 Å². The zero-order valence-corrected chi connectivity index (χ0v) is 7.41. The molecule has 6 heteroatoms. The molecule has 1 aromatic rings. The summed E-state index contributed by atoms with van der Waals surface area (Å²) in [7, 11) is -2.46. The van der Waals surface area contributed by atoms with E-state index in [1.807, 2.05) is 0 Å². The maximum absolute atomic E-state index is 10.3. The van der Waals surface area contributed by atoms with Gasteiger partial charge < -0.3 is 5.73 Å². The molecule has 5 nitrogen and oxygen atoms in total. The molecule has 2 N–H and O–H groups in total. The van der Waals surface area contributed by atoms with Crippen molar-refractivity contribution in [3.8, 4) is 0 Å². The molecule has 1 heterocycles. The molecule has 0 unspecified atom stereocenters. The van der Waals surface area contributed by atoms with Crippen LogP contribution in [0, 0.1) is 6.92 Å². The van der Waals surface area contributed by atoms with Gasteiger partial charge in [0.1, 0.15) is 11.6 Å². The van der Waals surface area contributed by atoms with Crippen molar-refractivity contribution in [2.45, 2.75) is 13.1 Å². The van der Waals surface area contributed by atoms with Crippen LogP contribution in [0.5, 0.6) is 0 Å².